The minimum Gasteiger partial charge on any atom is -0.305 e. The molecule has 0 unspecified atom stereocenters. The molecular weight excluding hydrogens is 733 g/mol. The zero-order valence-corrected chi connectivity index (χ0v) is 31.2. The molecule has 4 rings (SSSR count). The zero-order valence-electron chi connectivity index (χ0n) is 26.8. The largest absolute Gasteiger partial charge is 0.305 e. The molecule has 0 aliphatic rings. The number of benzene rings is 2. The standard InChI is InChI=1S/C18H25NSi.C18H24NSi.2CH4.Ir/c2*1-14(2)11-16-12-17(15-9-7-6-8-10-15)19-13-18(16)20(3,4)5;;;/h6-10,12-14H,11H2,1-5H3;6-9,12-14H,11H2,1-5H3;2*1H4;/q;-1;;;. The van der Waals surface area contributed by atoms with E-state index in [9.17, 15) is 0 Å². The van der Waals surface area contributed by atoms with Crippen molar-refractivity contribution in [3.63, 3.8) is 0 Å². The van der Waals surface area contributed by atoms with E-state index in [1.54, 1.807) is 0 Å². The van der Waals surface area contributed by atoms with Crippen molar-refractivity contribution in [2.24, 2.45) is 11.8 Å². The summed E-state index contributed by atoms with van der Waals surface area (Å²) >= 11 is 0. The van der Waals surface area contributed by atoms with Gasteiger partial charge in [-0.1, -0.05) is 124 Å². The van der Waals surface area contributed by atoms with Gasteiger partial charge in [-0.2, -0.15) is 0 Å². The van der Waals surface area contributed by atoms with Gasteiger partial charge in [-0.05, 0) is 52.4 Å². The maximum atomic E-state index is 4.72. The SMILES string of the molecule is C.C.CC(C)Cc1cc(-c2[c-]cccc2)ncc1[Si](C)(C)C.CC(C)Cc1cc(-c2ccccc2)ncc1[Si](C)(C)C.[Ir]. The topological polar surface area (TPSA) is 25.8 Å². The third kappa shape index (κ3) is 12.4. The maximum absolute atomic E-state index is 4.72. The van der Waals surface area contributed by atoms with E-state index >= 15 is 0 Å². The second-order valence-corrected chi connectivity index (χ2v) is 23.9. The molecule has 5 heteroatoms. The molecule has 0 N–H and O–H groups in total. The van der Waals surface area contributed by atoms with Gasteiger partial charge in [0.2, 0.25) is 0 Å². The summed E-state index contributed by atoms with van der Waals surface area (Å²) in [5.74, 6) is 1.34. The molecule has 0 fully saturated rings. The Morgan fingerprint density at radius 1 is 0.628 bits per heavy atom. The zero-order chi connectivity index (χ0) is 29.5. The third-order valence-corrected chi connectivity index (χ3v) is 11.0. The van der Waals surface area contributed by atoms with Crippen LogP contribution >= 0.6 is 0 Å². The summed E-state index contributed by atoms with van der Waals surface area (Å²) in [5.41, 5.74) is 7.40. The first-order valence-corrected chi connectivity index (χ1v) is 21.8. The van der Waals surface area contributed by atoms with Gasteiger partial charge < -0.3 is 4.98 Å². The van der Waals surface area contributed by atoms with Crippen molar-refractivity contribution in [2.75, 3.05) is 0 Å². The predicted octanol–water partition coefficient (Wildman–Crippen LogP) is 10.1. The van der Waals surface area contributed by atoms with E-state index in [0.717, 1.165) is 29.8 Å². The number of hydrogen-bond donors (Lipinski definition) is 0. The molecule has 0 atom stereocenters. The summed E-state index contributed by atoms with van der Waals surface area (Å²) in [6.07, 6.45) is 6.51. The summed E-state index contributed by atoms with van der Waals surface area (Å²) in [5, 5.41) is 3.00. The van der Waals surface area contributed by atoms with Crippen LogP contribution in [0, 0.1) is 17.9 Å². The molecule has 4 aromatic rings. The molecule has 2 nitrogen and oxygen atoms in total. The average Bonchev–Trinajstić information content (AvgIpc) is 2.88. The molecule has 0 saturated carbocycles. The van der Waals surface area contributed by atoms with Gasteiger partial charge in [-0.3, -0.25) is 4.98 Å². The average molecular weight is 790 g/mol. The Morgan fingerprint density at radius 2 is 1.07 bits per heavy atom. The minimum absolute atomic E-state index is 0. The van der Waals surface area contributed by atoms with Crippen LogP contribution in [0.3, 0.4) is 0 Å². The number of rotatable bonds is 8. The van der Waals surface area contributed by atoms with Gasteiger partial charge in [0.15, 0.2) is 0 Å². The number of pyridine rings is 2. The van der Waals surface area contributed by atoms with Crippen molar-refractivity contribution < 1.29 is 20.1 Å². The quantitative estimate of drug-likeness (QED) is 0.131. The molecule has 237 valence electrons. The normalized spacial score (nSPS) is 11.1. The van der Waals surface area contributed by atoms with Crippen molar-refractivity contribution in [3.8, 4) is 22.5 Å². The van der Waals surface area contributed by atoms with Crippen molar-refractivity contribution in [2.45, 2.75) is 94.7 Å². The first-order valence-electron chi connectivity index (χ1n) is 14.8. The van der Waals surface area contributed by atoms with E-state index in [2.05, 4.69) is 139 Å². The van der Waals surface area contributed by atoms with Gasteiger partial charge in [0.25, 0.3) is 0 Å². The van der Waals surface area contributed by atoms with Gasteiger partial charge in [0, 0.05) is 38.1 Å². The fraction of sp³-hybridized carbons (Fsp3) is 0.421. The monoisotopic (exact) mass is 790 g/mol. The van der Waals surface area contributed by atoms with Crippen LogP contribution in [-0.2, 0) is 32.9 Å². The molecule has 0 saturated heterocycles. The molecule has 0 aliphatic heterocycles. The molecule has 43 heavy (non-hydrogen) atoms. The number of nitrogens with zero attached hydrogens (tertiary/aromatic N) is 2. The molecule has 0 spiro atoms. The Morgan fingerprint density at radius 3 is 1.49 bits per heavy atom. The third-order valence-electron chi connectivity index (χ3n) is 6.91. The molecule has 0 bridgehead atoms. The Hall–Kier alpha value is -2.18. The van der Waals surface area contributed by atoms with E-state index < -0.39 is 16.1 Å². The summed E-state index contributed by atoms with van der Waals surface area (Å²) in [6, 6.07) is 26.4. The van der Waals surface area contributed by atoms with E-state index in [1.165, 1.54) is 27.1 Å². The van der Waals surface area contributed by atoms with Crippen LogP contribution < -0.4 is 10.4 Å². The van der Waals surface area contributed by atoms with E-state index in [-0.39, 0.29) is 35.0 Å². The molecule has 2 aromatic heterocycles. The molecular formula is C38H57IrN2Si2-. The first-order chi connectivity index (χ1) is 18.8. The van der Waals surface area contributed by atoms with Gasteiger partial charge in [0.1, 0.15) is 0 Å². The van der Waals surface area contributed by atoms with E-state index in [0.29, 0.717) is 11.8 Å². The number of hydrogen-bond acceptors (Lipinski definition) is 2. The molecule has 1 radical (unpaired) electrons. The van der Waals surface area contributed by atoms with Crippen LogP contribution in [0.25, 0.3) is 22.5 Å². The Kier molecular flexibility index (Phi) is 17.0. The second-order valence-electron chi connectivity index (χ2n) is 13.8. The molecule has 0 aliphatic carbocycles. The van der Waals surface area contributed by atoms with Crippen LogP contribution in [0.2, 0.25) is 39.3 Å². The second kappa shape index (κ2) is 18.0. The van der Waals surface area contributed by atoms with Crippen LogP contribution in [0.15, 0.2) is 79.1 Å². The smallest absolute Gasteiger partial charge is 0.0799 e. The van der Waals surface area contributed by atoms with Crippen molar-refractivity contribution in [1.82, 2.24) is 9.97 Å². The summed E-state index contributed by atoms with van der Waals surface area (Å²) in [4.78, 5) is 9.40. The Balaban J connectivity index is 0.000000767. The molecule has 0 amide bonds. The Bertz CT molecular complexity index is 1250. The Labute approximate surface area is 280 Å². The van der Waals surface area contributed by atoms with Crippen molar-refractivity contribution in [3.05, 3.63) is 96.3 Å². The molecule has 2 aromatic carbocycles. The van der Waals surface area contributed by atoms with Gasteiger partial charge in [0.05, 0.1) is 21.8 Å². The summed E-state index contributed by atoms with van der Waals surface area (Å²) in [7, 11) is -2.67. The predicted molar refractivity (Wildman–Crippen MR) is 195 cm³/mol. The van der Waals surface area contributed by atoms with Crippen molar-refractivity contribution in [1.29, 1.82) is 0 Å². The van der Waals surface area contributed by atoms with Crippen LogP contribution in [-0.4, -0.2) is 26.1 Å². The van der Waals surface area contributed by atoms with Gasteiger partial charge in [-0.25, -0.2) is 0 Å². The van der Waals surface area contributed by atoms with E-state index in [4.69, 9.17) is 4.98 Å². The van der Waals surface area contributed by atoms with Gasteiger partial charge >= 0.3 is 0 Å². The number of aromatic nitrogens is 2. The maximum Gasteiger partial charge on any atom is 0.0799 e. The molecule has 2 heterocycles. The van der Waals surface area contributed by atoms with Crippen LogP contribution in [0.5, 0.6) is 0 Å². The summed E-state index contributed by atoms with van der Waals surface area (Å²) in [6.45, 7) is 23.5. The van der Waals surface area contributed by atoms with E-state index in [1.807, 2.05) is 18.2 Å². The fourth-order valence-corrected chi connectivity index (χ4v) is 8.21. The van der Waals surface area contributed by atoms with Crippen molar-refractivity contribution >= 4 is 26.5 Å². The fourth-order valence-electron chi connectivity index (χ4n) is 5.03. The van der Waals surface area contributed by atoms with Crippen LogP contribution in [0.4, 0.5) is 0 Å². The van der Waals surface area contributed by atoms with Crippen LogP contribution in [0.1, 0.15) is 53.7 Å². The summed E-state index contributed by atoms with van der Waals surface area (Å²) < 4.78 is 0. The first kappa shape index (κ1) is 40.8. The van der Waals surface area contributed by atoms with Gasteiger partial charge in [-0.15, -0.1) is 35.9 Å². The minimum atomic E-state index is -1.34.